The van der Waals surface area contributed by atoms with Gasteiger partial charge in [0.1, 0.15) is 11.2 Å². The van der Waals surface area contributed by atoms with Crippen LogP contribution < -0.4 is 0 Å². The van der Waals surface area contributed by atoms with E-state index in [1.54, 1.807) is 12.1 Å². The standard InChI is InChI=1S/C22H14N2O4S3/c25-15(19-9-13-5-1-3-7-17(13)27-19)11-29-21-23-24-22(31-21)30-12-16(26)20-10-14-6-2-4-8-18(14)28-20/h1-10H,11-12H2. The number of hydrogen-bond donors (Lipinski definition) is 0. The van der Waals surface area contributed by atoms with Gasteiger partial charge >= 0.3 is 0 Å². The molecule has 0 bridgehead atoms. The lowest BCUT2D eigenvalue weighted by Crippen LogP contribution is -2.00. The first-order valence-electron chi connectivity index (χ1n) is 9.28. The SMILES string of the molecule is O=C(CSc1nnc(SCC(=O)c2cc3ccccc3o2)s1)c1cc2ccccc2o1. The van der Waals surface area contributed by atoms with Crippen molar-refractivity contribution in [1.82, 2.24) is 10.2 Å². The summed E-state index contributed by atoms with van der Waals surface area (Å²) in [7, 11) is 0. The molecule has 0 fully saturated rings. The third kappa shape index (κ3) is 4.43. The lowest BCUT2D eigenvalue weighted by atomic mass is 10.2. The van der Waals surface area contributed by atoms with Gasteiger partial charge in [-0.25, -0.2) is 0 Å². The van der Waals surface area contributed by atoms with Crippen LogP contribution in [0.25, 0.3) is 21.9 Å². The number of Topliss-reactive ketones (excluding diaryl/α,β-unsaturated/α-hetero) is 2. The molecule has 0 spiro atoms. The molecule has 0 amide bonds. The average Bonchev–Trinajstić information content (AvgIpc) is 3.53. The highest BCUT2D eigenvalue weighted by Crippen LogP contribution is 2.30. The van der Waals surface area contributed by atoms with Crippen molar-refractivity contribution in [2.75, 3.05) is 11.5 Å². The van der Waals surface area contributed by atoms with Crippen LogP contribution in [-0.2, 0) is 0 Å². The molecule has 0 aliphatic rings. The van der Waals surface area contributed by atoms with Crippen LogP contribution in [0.2, 0.25) is 0 Å². The van der Waals surface area contributed by atoms with Gasteiger partial charge in [0, 0.05) is 10.8 Å². The van der Waals surface area contributed by atoms with Crippen molar-refractivity contribution in [2.45, 2.75) is 8.68 Å². The zero-order valence-electron chi connectivity index (χ0n) is 15.9. The Kier molecular flexibility index (Phi) is 5.63. The summed E-state index contributed by atoms with van der Waals surface area (Å²) in [4.78, 5) is 24.8. The summed E-state index contributed by atoms with van der Waals surface area (Å²) in [6, 6.07) is 18.5. The van der Waals surface area contributed by atoms with Crippen LogP contribution in [0, 0.1) is 0 Å². The highest BCUT2D eigenvalue weighted by Gasteiger charge is 2.16. The molecule has 0 saturated heterocycles. The quantitative estimate of drug-likeness (QED) is 0.204. The highest BCUT2D eigenvalue weighted by atomic mass is 32.2. The van der Waals surface area contributed by atoms with E-state index in [4.69, 9.17) is 8.83 Å². The van der Waals surface area contributed by atoms with Crippen LogP contribution >= 0.6 is 34.9 Å². The molecule has 154 valence electrons. The Balaban J connectivity index is 1.16. The van der Waals surface area contributed by atoms with Gasteiger partial charge < -0.3 is 8.83 Å². The lowest BCUT2D eigenvalue weighted by molar-refractivity contribution is 0.0987. The molecule has 0 saturated carbocycles. The number of carbonyl (C=O) groups excluding carboxylic acids is 2. The fourth-order valence-corrected chi connectivity index (χ4v) is 5.71. The zero-order chi connectivity index (χ0) is 21.2. The van der Waals surface area contributed by atoms with Crippen LogP contribution in [0.5, 0.6) is 0 Å². The maximum Gasteiger partial charge on any atom is 0.208 e. The van der Waals surface area contributed by atoms with Crippen molar-refractivity contribution in [1.29, 1.82) is 0 Å². The fourth-order valence-electron chi connectivity index (χ4n) is 2.95. The summed E-state index contributed by atoms with van der Waals surface area (Å²) in [5, 5.41) is 10.0. The maximum absolute atomic E-state index is 12.4. The number of nitrogens with zero attached hydrogens (tertiary/aromatic N) is 2. The minimum absolute atomic E-state index is 0.106. The lowest BCUT2D eigenvalue weighted by Gasteiger charge is -1.95. The zero-order valence-corrected chi connectivity index (χ0v) is 18.4. The molecule has 5 rings (SSSR count). The molecule has 3 heterocycles. The smallest absolute Gasteiger partial charge is 0.208 e. The van der Waals surface area contributed by atoms with Crippen molar-refractivity contribution < 1.29 is 18.4 Å². The van der Waals surface area contributed by atoms with Gasteiger partial charge in [-0.2, -0.15) is 0 Å². The predicted octanol–water partition coefficient (Wildman–Crippen LogP) is 5.98. The van der Waals surface area contributed by atoms with Gasteiger partial charge in [0.2, 0.25) is 11.6 Å². The molecular formula is C22H14N2O4S3. The van der Waals surface area contributed by atoms with Gasteiger partial charge in [0.05, 0.1) is 11.5 Å². The Morgan fingerprint density at radius 1 is 0.742 bits per heavy atom. The highest BCUT2D eigenvalue weighted by molar-refractivity contribution is 8.03. The minimum atomic E-state index is -0.106. The topological polar surface area (TPSA) is 86.2 Å². The number of carbonyl (C=O) groups is 2. The first kappa shape index (κ1) is 20.0. The van der Waals surface area contributed by atoms with Crippen LogP contribution in [0.4, 0.5) is 0 Å². The Morgan fingerprint density at radius 2 is 1.19 bits per heavy atom. The summed E-state index contributed by atoms with van der Waals surface area (Å²) in [6.45, 7) is 0. The number of benzene rings is 2. The number of thioether (sulfide) groups is 2. The Labute approximate surface area is 189 Å². The van der Waals surface area contributed by atoms with Crippen molar-refractivity contribution in [3.63, 3.8) is 0 Å². The molecule has 0 atom stereocenters. The molecule has 0 aliphatic carbocycles. The second kappa shape index (κ2) is 8.70. The maximum atomic E-state index is 12.4. The number of aromatic nitrogens is 2. The summed E-state index contributed by atoms with van der Waals surface area (Å²) in [5.41, 5.74) is 1.39. The van der Waals surface area contributed by atoms with Gasteiger partial charge in [0.25, 0.3) is 0 Å². The first-order valence-corrected chi connectivity index (χ1v) is 12.1. The molecule has 31 heavy (non-hydrogen) atoms. The Bertz CT molecular complexity index is 1230. The van der Waals surface area contributed by atoms with Crippen LogP contribution in [0.1, 0.15) is 21.1 Å². The molecule has 6 nitrogen and oxygen atoms in total. The monoisotopic (exact) mass is 466 g/mol. The molecule has 0 aliphatic heterocycles. The number of para-hydroxylation sites is 2. The van der Waals surface area contributed by atoms with Gasteiger partial charge in [-0.3, -0.25) is 9.59 Å². The van der Waals surface area contributed by atoms with Gasteiger partial charge in [-0.05, 0) is 24.3 Å². The average molecular weight is 467 g/mol. The third-order valence-corrected chi connectivity index (χ3v) is 7.63. The fraction of sp³-hybridized carbons (Fsp3) is 0.0909. The van der Waals surface area contributed by atoms with Crippen molar-refractivity contribution in [3.8, 4) is 0 Å². The second-order valence-electron chi connectivity index (χ2n) is 6.55. The summed E-state index contributed by atoms with van der Waals surface area (Å²) in [5.74, 6) is 0.874. The van der Waals surface area contributed by atoms with E-state index in [2.05, 4.69) is 10.2 Å². The first-order chi connectivity index (χ1) is 15.2. The van der Waals surface area contributed by atoms with Crippen molar-refractivity contribution >= 4 is 68.4 Å². The molecule has 0 N–H and O–H groups in total. The molecule has 2 aromatic carbocycles. The van der Waals surface area contributed by atoms with E-state index in [1.165, 1.54) is 34.9 Å². The number of furan rings is 2. The summed E-state index contributed by atoms with van der Waals surface area (Å²) < 4.78 is 12.6. The van der Waals surface area contributed by atoms with Gasteiger partial charge in [0.15, 0.2) is 20.2 Å². The number of hydrogen-bond acceptors (Lipinski definition) is 9. The van der Waals surface area contributed by atoms with E-state index in [1.807, 2.05) is 48.5 Å². The van der Waals surface area contributed by atoms with E-state index >= 15 is 0 Å². The normalized spacial score (nSPS) is 11.4. The molecule has 3 aromatic heterocycles. The molecule has 9 heteroatoms. The molecule has 5 aromatic rings. The number of fused-ring (bicyclic) bond motifs is 2. The van der Waals surface area contributed by atoms with Crippen molar-refractivity contribution in [3.05, 3.63) is 72.2 Å². The number of ketones is 2. The minimum Gasteiger partial charge on any atom is -0.453 e. The second-order valence-corrected chi connectivity index (χ2v) is 9.98. The van der Waals surface area contributed by atoms with Gasteiger partial charge in [-0.15, -0.1) is 10.2 Å². The van der Waals surface area contributed by atoms with E-state index in [0.29, 0.717) is 31.4 Å². The van der Waals surface area contributed by atoms with E-state index < -0.39 is 0 Å². The predicted molar refractivity (Wildman–Crippen MR) is 122 cm³/mol. The van der Waals surface area contributed by atoms with E-state index in [-0.39, 0.29) is 23.1 Å². The molecule has 0 radical (unpaired) electrons. The Morgan fingerprint density at radius 3 is 1.65 bits per heavy atom. The van der Waals surface area contributed by atoms with Crippen molar-refractivity contribution in [2.24, 2.45) is 0 Å². The van der Waals surface area contributed by atoms with Crippen LogP contribution in [0.15, 0.2) is 78.2 Å². The largest absolute Gasteiger partial charge is 0.453 e. The van der Waals surface area contributed by atoms with Gasteiger partial charge in [-0.1, -0.05) is 71.3 Å². The molecule has 0 unspecified atom stereocenters. The summed E-state index contributed by atoms with van der Waals surface area (Å²) >= 11 is 3.97. The Hall–Kier alpha value is -2.88. The van der Waals surface area contributed by atoms with Crippen LogP contribution in [0.3, 0.4) is 0 Å². The molecular weight excluding hydrogens is 452 g/mol. The van der Waals surface area contributed by atoms with Crippen LogP contribution in [-0.4, -0.2) is 33.3 Å². The summed E-state index contributed by atoms with van der Waals surface area (Å²) in [6.07, 6.45) is 0. The van der Waals surface area contributed by atoms with E-state index in [9.17, 15) is 9.59 Å². The van der Waals surface area contributed by atoms with E-state index in [0.717, 1.165) is 10.8 Å². The number of rotatable bonds is 8. The third-order valence-electron chi connectivity index (χ3n) is 4.44.